The van der Waals surface area contributed by atoms with E-state index in [4.69, 9.17) is 9.47 Å². The Hall–Kier alpha value is -2.21. The van der Waals surface area contributed by atoms with Gasteiger partial charge in [-0.3, -0.25) is 0 Å². The van der Waals surface area contributed by atoms with E-state index < -0.39 is 6.61 Å². The lowest BCUT2D eigenvalue weighted by Crippen LogP contribution is -2.38. The molecule has 0 bridgehead atoms. The number of aryl methyl sites for hydroxylation is 1. The molecule has 0 radical (unpaired) electrons. The molecule has 1 aliphatic heterocycles. The topological polar surface area (TPSA) is 40.6 Å². The number of nitrogens with zero attached hydrogens (tertiary/aromatic N) is 1. The number of aromatic nitrogens is 1. The molecule has 6 heteroatoms. The Kier molecular flexibility index (Phi) is 4.20. The number of pyridine rings is 1. The third-order valence-corrected chi connectivity index (χ3v) is 3.24. The van der Waals surface area contributed by atoms with Crippen molar-refractivity contribution in [2.45, 2.75) is 19.6 Å². The predicted molar refractivity (Wildman–Crippen MR) is 76.3 cm³/mol. The number of benzene rings is 1. The number of hydrogen-bond donors (Lipinski definition) is 0. The molecule has 0 aliphatic carbocycles. The molecule has 0 amide bonds. The second-order valence-corrected chi connectivity index (χ2v) is 5.05. The van der Waals surface area contributed by atoms with Gasteiger partial charge in [-0.15, -0.1) is 0 Å². The van der Waals surface area contributed by atoms with E-state index in [1.54, 1.807) is 24.3 Å². The van der Waals surface area contributed by atoms with Crippen molar-refractivity contribution in [1.29, 1.82) is 0 Å². The summed E-state index contributed by atoms with van der Waals surface area (Å²) in [7, 11) is 0. The molecule has 1 fully saturated rings. The highest BCUT2D eigenvalue weighted by Crippen LogP contribution is 2.32. The van der Waals surface area contributed by atoms with Crippen LogP contribution in [0.2, 0.25) is 0 Å². The van der Waals surface area contributed by atoms with Crippen molar-refractivity contribution in [3.05, 3.63) is 42.1 Å². The smallest absolute Gasteiger partial charge is 0.388 e. The first kappa shape index (κ1) is 14.7. The monoisotopic (exact) mass is 307 g/mol. The highest BCUT2D eigenvalue weighted by Gasteiger charge is 2.20. The standard InChI is InChI=1S/C16H15F2NO3/c1-10-5-14(15(19-7-10)22-16(17)18)11-3-2-4-12(6-11)21-13-8-20-9-13/h2-7,13,16H,8-9H2,1H3. The quantitative estimate of drug-likeness (QED) is 0.848. The van der Waals surface area contributed by atoms with Crippen LogP contribution in [0.5, 0.6) is 11.6 Å². The van der Waals surface area contributed by atoms with Gasteiger partial charge in [0.2, 0.25) is 5.88 Å². The summed E-state index contributed by atoms with van der Waals surface area (Å²) in [5, 5.41) is 0. The van der Waals surface area contributed by atoms with E-state index in [-0.39, 0.29) is 12.0 Å². The molecule has 0 saturated carbocycles. The average molecular weight is 307 g/mol. The molecule has 2 aromatic rings. The lowest BCUT2D eigenvalue weighted by molar-refractivity contribution is -0.0796. The highest BCUT2D eigenvalue weighted by atomic mass is 19.3. The number of alkyl halides is 2. The van der Waals surface area contributed by atoms with Gasteiger partial charge in [-0.05, 0) is 36.2 Å². The van der Waals surface area contributed by atoms with E-state index >= 15 is 0 Å². The zero-order valence-corrected chi connectivity index (χ0v) is 12.0. The van der Waals surface area contributed by atoms with Gasteiger partial charge in [0.15, 0.2) is 0 Å². The third-order valence-electron chi connectivity index (χ3n) is 3.24. The number of halogens is 2. The average Bonchev–Trinajstić information content (AvgIpc) is 2.45. The van der Waals surface area contributed by atoms with Crippen LogP contribution in [0.15, 0.2) is 36.5 Å². The molecule has 4 nitrogen and oxygen atoms in total. The minimum absolute atomic E-state index is 0.0441. The summed E-state index contributed by atoms with van der Waals surface area (Å²) in [5.74, 6) is 0.569. The van der Waals surface area contributed by atoms with Crippen LogP contribution in [0.25, 0.3) is 11.1 Å². The Morgan fingerprint density at radius 3 is 2.77 bits per heavy atom. The van der Waals surface area contributed by atoms with Crippen molar-refractivity contribution in [3.63, 3.8) is 0 Å². The Balaban J connectivity index is 1.91. The Morgan fingerprint density at radius 2 is 2.09 bits per heavy atom. The fourth-order valence-electron chi connectivity index (χ4n) is 2.15. The van der Waals surface area contributed by atoms with Crippen LogP contribution >= 0.6 is 0 Å². The van der Waals surface area contributed by atoms with E-state index in [2.05, 4.69) is 9.72 Å². The molecule has 2 heterocycles. The minimum atomic E-state index is -2.92. The van der Waals surface area contributed by atoms with Crippen molar-refractivity contribution in [2.24, 2.45) is 0 Å². The minimum Gasteiger partial charge on any atom is -0.486 e. The Bertz CT molecular complexity index is 660. The molecule has 1 aromatic carbocycles. The van der Waals surface area contributed by atoms with Crippen molar-refractivity contribution in [2.75, 3.05) is 13.2 Å². The number of rotatable bonds is 5. The third kappa shape index (κ3) is 3.33. The maximum Gasteiger partial charge on any atom is 0.388 e. The van der Waals surface area contributed by atoms with Crippen LogP contribution in [0.4, 0.5) is 8.78 Å². The summed E-state index contributed by atoms with van der Waals surface area (Å²) in [6.45, 7) is 0.0567. The Labute approximate surface area is 126 Å². The lowest BCUT2D eigenvalue weighted by atomic mass is 10.1. The number of hydrogen-bond acceptors (Lipinski definition) is 4. The van der Waals surface area contributed by atoms with Crippen LogP contribution in [-0.2, 0) is 4.74 Å². The van der Waals surface area contributed by atoms with Gasteiger partial charge in [-0.2, -0.15) is 8.78 Å². The maximum absolute atomic E-state index is 12.5. The summed E-state index contributed by atoms with van der Waals surface area (Å²) in [4.78, 5) is 3.95. The first-order chi connectivity index (χ1) is 10.6. The van der Waals surface area contributed by atoms with Crippen LogP contribution in [0.1, 0.15) is 5.56 Å². The van der Waals surface area contributed by atoms with Crippen LogP contribution in [0, 0.1) is 6.92 Å². The maximum atomic E-state index is 12.5. The second-order valence-electron chi connectivity index (χ2n) is 5.05. The number of ether oxygens (including phenoxy) is 3. The highest BCUT2D eigenvalue weighted by molar-refractivity contribution is 5.70. The summed E-state index contributed by atoms with van der Waals surface area (Å²) in [6, 6.07) is 8.97. The molecule has 1 saturated heterocycles. The molecule has 1 aliphatic rings. The van der Waals surface area contributed by atoms with Gasteiger partial charge in [0, 0.05) is 11.8 Å². The SMILES string of the molecule is Cc1cnc(OC(F)F)c(-c2cccc(OC3COC3)c2)c1. The molecular formula is C16H15F2NO3. The summed E-state index contributed by atoms with van der Waals surface area (Å²) in [5.41, 5.74) is 2.08. The molecule has 0 unspecified atom stereocenters. The summed E-state index contributed by atoms with van der Waals surface area (Å²) >= 11 is 0. The lowest BCUT2D eigenvalue weighted by Gasteiger charge is -2.26. The van der Waals surface area contributed by atoms with Gasteiger partial charge in [0.25, 0.3) is 0 Å². The summed E-state index contributed by atoms with van der Waals surface area (Å²) < 4.78 is 40.3. The second kappa shape index (κ2) is 6.27. The predicted octanol–water partition coefficient (Wildman–Crippen LogP) is 3.44. The van der Waals surface area contributed by atoms with Crippen LogP contribution < -0.4 is 9.47 Å². The van der Waals surface area contributed by atoms with Crippen LogP contribution in [-0.4, -0.2) is 30.9 Å². The van der Waals surface area contributed by atoms with E-state index in [1.165, 1.54) is 6.20 Å². The van der Waals surface area contributed by atoms with Gasteiger partial charge < -0.3 is 14.2 Å². The van der Waals surface area contributed by atoms with Gasteiger partial charge in [0.1, 0.15) is 11.9 Å². The van der Waals surface area contributed by atoms with Crippen molar-refractivity contribution in [3.8, 4) is 22.8 Å². The largest absolute Gasteiger partial charge is 0.486 e. The molecule has 3 rings (SSSR count). The van der Waals surface area contributed by atoms with E-state index in [0.717, 1.165) is 5.56 Å². The van der Waals surface area contributed by atoms with Gasteiger partial charge in [-0.1, -0.05) is 12.1 Å². The van der Waals surface area contributed by atoms with Crippen molar-refractivity contribution in [1.82, 2.24) is 4.98 Å². The molecular weight excluding hydrogens is 292 g/mol. The fourth-order valence-corrected chi connectivity index (χ4v) is 2.15. The molecule has 116 valence electrons. The molecule has 0 N–H and O–H groups in total. The van der Waals surface area contributed by atoms with E-state index in [1.807, 2.05) is 13.0 Å². The van der Waals surface area contributed by atoms with Crippen LogP contribution in [0.3, 0.4) is 0 Å². The zero-order valence-electron chi connectivity index (χ0n) is 12.0. The van der Waals surface area contributed by atoms with E-state index in [9.17, 15) is 8.78 Å². The molecule has 1 aromatic heterocycles. The van der Waals surface area contributed by atoms with Crippen molar-refractivity contribution < 1.29 is 23.0 Å². The molecule has 0 spiro atoms. The first-order valence-corrected chi connectivity index (χ1v) is 6.88. The first-order valence-electron chi connectivity index (χ1n) is 6.88. The van der Waals surface area contributed by atoms with Crippen molar-refractivity contribution >= 4 is 0 Å². The summed E-state index contributed by atoms with van der Waals surface area (Å²) in [6.07, 6.45) is 1.54. The molecule has 0 atom stereocenters. The molecule has 22 heavy (non-hydrogen) atoms. The Morgan fingerprint density at radius 1 is 1.27 bits per heavy atom. The normalized spacial score (nSPS) is 14.7. The van der Waals surface area contributed by atoms with Gasteiger partial charge in [-0.25, -0.2) is 4.98 Å². The van der Waals surface area contributed by atoms with E-state index in [0.29, 0.717) is 30.1 Å². The van der Waals surface area contributed by atoms with Gasteiger partial charge in [0.05, 0.1) is 13.2 Å². The zero-order chi connectivity index (χ0) is 15.5. The fraction of sp³-hybridized carbons (Fsp3) is 0.312. The van der Waals surface area contributed by atoms with Gasteiger partial charge >= 0.3 is 6.61 Å².